The molecule has 1 aliphatic rings. The Kier molecular flexibility index (Phi) is 5.37. The van der Waals surface area contributed by atoms with Gasteiger partial charge < -0.3 is 9.32 Å². The molecule has 0 atom stereocenters. The van der Waals surface area contributed by atoms with Gasteiger partial charge in [0.05, 0.1) is 23.4 Å². The minimum Gasteiger partial charge on any atom is -0.468 e. The molecule has 1 N–H and O–H groups in total. The summed E-state index contributed by atoms with van der Waals surface area (Å²) < 4.78 is 32.0. The fraction of sp³-hybridized carbons (Fsp3) is 0.438. The van der Waals surface area contributed by atoms with E-state index in [0.717, 1.165) is 4.88 Å². The molecule has 0 aliphatic carbocycles. The lowest BCUT2D eigenvalue weighted by Gasteiger charge is -2.31. The lowest BCUT2D eigenvalue weighted by atomic mass is 9.99. The second kappa shape index (κ2) is 7.50. The Bertz CT molecular complexity index is 746. The Morgan fingerprint density at radius 1 is 1.29 bits per heavy atom. The van der Waals surface area contributed by atoms with Gasteiger partial charge >= 0.3 is 0 Å². The highest BCUT2D eigenvalue weighted by molar-refractivity contribution is 7.89. The predicted octanol–water partition coefficient (Wildman–Crippen LogP) is 2.31. The molecule has 0 radical (unpaired) electrons. The molecule has 0 unspecified atom stereocenters. The van der Waals surface area contributed by atoms with Gasteiger partial charge in [-0.3, -0.25) is 4.79 Å². The monoisotopic (exact) mass is 368 g/mol. The lowest BCUT2D eigenvalue weighted by molar-refractivity contribution is 0.0703. The van der Waals surface area contributed by atoms with Crippen molar-refractivity contribution < 1.29 is 17.6 Å². The van der Waals surface area contributed by atoms with Crippen LogP contribution in [0.15, 0.2) is 40.3 Å². The van der Waals surface area contributed by atoms with E-state index in [0.29, 0.717) is 31.7 Å². The number of nitrogens with one attached hydrogen (secondary N) is 1. The molecule has 0 spiro atoms. The zero-order valence-electron chi connectivity index (χ0n) is 13.2. The number of amides is 1. The average Bonchev–Trinajstić information content (AvgIpc) is 3.26. The molecule has 0 saturated carbocycles. The normalized spacial score (nSPS) is 16.4. The quantitative estimate of drug-likeness (QED) is 0.848. The van der Waals surface area contributed by atoms with Crippen LogP contribution >= 0.6 is 11.3 Å². The summed E-state index contributed by atoms with van der Waals surface area (Å²) in [6, 6.07) is 7.14. The third kappa shape index (κ3) is 4.46. The first-order chi connectivity index (χ1) is 11.5. The molecule has 0 bridgehead atoms. The first kappa shape index (κ1) is 17.2. The summed E-state index contributed by atoms with van der Waals surface area (Å²) in [5, 5.41) is 1.89. The number of nitrogens with zero attached hydrogens (tertiary/aromatic N) is 1. The van der Waals surface area contributed by atoms with E-state index in [1.165, 1.54) is 17.6 Å². The van der Waals surface area contributed by atoms with Crippen molar-refractivity contribution in [2.24, 2.45) is 5.92 Å². The van der Waals surface area contributed by atoms with E-state index in [1.807, 2.05) is 22.4 Å². The van der Waals surface area contributed by atoms with Gasteiger partial charge in [0, 0.05) is 13.1 Å². The Morgan fingerprint density at radius 3 is 2.71 bits per heavy atom. The first-order valence-electron chi connectivity index (χ1n) is 7.86. The van der Waals surface area contributed by atoms with Crippen LogP contribution < -0.4 is 4.72 Å². The number of furan rings is 1. The van der Waals surface area contributed by atoms with Crippen LogP contribution in [0.4, 0.5) is 0 Å². The van der Waals surface area contributed by atoms with Crippen molar-refractivity contribution >= 4 is 27.3 Å². The van der Waals surface area contributed by atoms with Gasteiger partial charge in [0.1, 0.15) is 5.76 Å². The molecule has 6 nitrogen and oxygen atoms in total. The second-order valence-electron chi connectivity index (χ2n) is 5.89. The molecule has 24 heavy (non-hydrogen) atoms. The SMILES string of the molecule is O=C(c1cccs1)N1CCC(CS(=O)(=O)NCc2ccco2)CC1. The summed E-state index contributed by atoms with van der Waals surface area (Å²) in [6.45, 7) is 1.38. The highest BCUT2D eigenvalue weighted by Gasteiger charge is 2.27. The van der Waals surface area contributed by atoms with E-state index in [-0.39, 0.29) is 24.1 Å². The molecule has 1 fully saturated rings. The van der Waals surface area contributed by atoms with Gasteiger partial charge in [0.2, 0.25) is 10.0 Å². The van der Waals surface area contributed by atoms with Crippen LogP contribution in [0, 0.1) is 5.92 Å². The number of sulfonamides is 1. The van der Waals surface area contributed by atoms with E-state index in [4.69, 9.17) is 4.42 Å². The van der Waals surface area contributed by atoms with E-state index in [2.05, 4.69) is 4.72 Å². The molecule has 1 saturated heterocycles. The average molecular weight is 368 g/mol. The van der Waals surface area contributed by atoms with Gasteiger partial charge in [0.15, 0.2) is 0 Å². The molecular formula is C16H20N2O4S2. The molecule has 8 heteroatoms. The first-order valence-corrected chi connectivity index (χ1v) is 10.4. The Balaban J connectivity index is 1.47. The topological polar surface area (TPSA) is 79.6 Å². The summed E-state index contributed by atoms with van der Waals surface area (Å²) in [5.74, 6) is 0.804. The molecule has 2 aromatic heterocycles. The third-order valence-corrected chi connectivity index (χ3v) is 6.49. The highest BCUT2D eigenvalue weighted by atomic mass is 32.2. The van der Waals surface area contributed by atoms with Crippen molar-refractivity contribution in [3.8, 4) is 0 Å². The smallest absolute Gasteiger partial charge is 0.263 e. The maximum atomic E-state index is 12.3. The summed E-state index contributed by atoms with van der Waals surface area (Å²) in [6.07, 6.45) is 2.93. The zero-order valence-corrected chi connectivity index (χ0v) is 14.8. The number of hydrogen-bond donors (Lipinski definition) is 1. The largest absolute Gasteiger partial charge is 0.468 e. The van der Waals surface area contributed by atoms with Gasteiger partial charge in [-0.2, -0.15) is 0 Å². The molecule has 3 heterocycles. The number of thiophene rings is 1. The number of carbonyl (C=O) groups excluding carboxylic acids is 1. The summed E-state index contributed by atoms with van der Waals surface area (Å²) >= 11 is 1.43. The zero-order chi connectivity index (χ0) is 17.0. The number of rotatable bonds is 6. The van der Waals surface area contributed by atoms with Gasteiger partial charge in [-0.15, -0.1) is 11.3 Å². The van der Waals surface area contributed by atoms with Crippen LogP contribution in [-0.2, 0) is 16.6 Å². The molecular weight excluding hydrogens is 348 g/mol. The van der Waals surface area contributed by atoms with Gasteiger partial charge in [-0.1, -0.05) is 6.07 Å². The third-order valence-electron chi connectivity index (χ3n) is 4.14. The number of hydrogen-bond acceptors (Lipinski definition) is 5. The van der Waals surface area contributed by atoms with E-state index in [9.17, 15) is 13.2 Å². The minimum absolute atomic E-state index is 0.0438. The van der Waals surface area contributed by atoms with Crippen molar-refractivity contribution in [1.29, 1.82) is 0 Å². The predicted molar refractivity (Wildman–Crippen MR) is 92.3 cm³/mol. The molecule has 0 aromatic carbocycles. The lowest BCUT2D eigenvalue weighted by Crippen LogP contribution is -2.40. The Hall–Kier alpha value is -1.64. The summed E-state index contributed by atoms with van der Waals surface area (Å²) in [5.41, 5.74) is 0. The molecule has 1 aliphatic heterocycles. The van der Waals surface area contributed by atoms with Gasteiger partial charge in [-0.25, -0.2) is 13.1 Å². The number of carbonyl (C=O) groups is 1. The molecule has 2 aromatic rings. The van der Waals surface area contributed by atoms with Crippen molar-refractivity contribution in [2.75, 3.05) is 18.8 Å². The van der Waals surface area contributed by atoms with Crippen LogP contribution in [0.1, 0.15) is 28.3 Å². The van der Waals surface area contributed by atoms with Crippen molar-refractivity contribution in [1.82, 2.24) is 9.62 Å². The van der Waals surface area contributed by atoms with Gasteiger partial charge in [-0.05, 0) is 42.3 Å². The van der Waals surface area contributed by atoms with Gasteiger partial charge in [0.25, 0.3) is 5.91 Å². The van der Waals surface area contributed by atoms with Crippen molar-refractivity contribution in [2.45, 2.75) is 19.4 Å². The fourth-order valence-corrected chi connectivity index (χ4v) is 4.95. The van der Waals surface area contributed by atoms with Crippen molar-refractivity contribution in [3.05, 3.63) is 46.5 Å². The van der Waals surface area contributed by atoms with Crippen LogP contribution in [0.5, 0.6) is 0 Å². The number of likely N-dealkylation sites (tertiary alicyclic amines) is 1. The number of piperidine rings is 1. The van der Waals surface area contributed by atoms with Crippen LogP contribution in [0.2, 0.25) is 0 Å². The second-order valence-corrected chi connectivity index (χ2v) is 8.69. The summed E-state index contributed by atoms with van der Waals surface area (Å²) in [4.78, 5) is 14.8. The van der Waals surface area contributed by atoms with E-state index in [1.54, 1.807) is 12.1 Å². The Labute approximate surface area is 145 Å². The minimum atomic E-state index is -3.35. The summed E-state index contributed by atoms with van der Waals surface area (Å²) in [7, 11) is -3.35. The Morgan fingerprint density at radius 2 is 2.08 bits per heavy atom. The maximum Gasteiger partial charge on any atom is 0.263 e. The fourth-order valence-electron chi connectivity index (χ4n) is 2.82. The standard InChI is InChI=1S/C16H20N2O4S2/c19-16(15-4-2-10-23-15)18-7-5-13(6-8-18)12-24(20,21)17-11-14-3-1-9-22-14/h1-4,9-10,13,17H,5-8,11-12H2. The van der Waals surface area contributed by atoms with Crippen molar-refractivity contribution in [3.63, 3.8) is 0 Å². The van der Waals surface area contributed by atoms with Crippen LogP contribution in [0.25, 0.3) is 0 Å². The molecule has 3 rings (SSSR count). The van der Waals surface area contributed by atoms with E-state index >= 15 is 0 Å². The molecule has 130 valence electrons. The highest BCUT2D eigenvalue weighted by Crippen LogP contribution is 2.22. The maximum absolute atomic E-state index is 12.3. The van der Waals surface area contributed by atoms with Crippen LogP contribution in [-0.4, -0.2) is 38.1 Å². The van der Waals surface area contributed by atoms with E-state index < -0.39 is 10.0 Å². The van der Waals surface area contributed by atoms with Crippen LogP contribution in [0.3, 0.4) is 0 Å². The molecule has 1 amide bonds.